The third-order valence-corrected chi connectivity index (χ3v) is 3.03. The van der Waals surface area contributed by atoms with E-state index in [1.807, 2.05) is 31.2 Å². The molecule has 0 fully saturated rings. The van der Waals surface area contributed by atoms with Gasteiger partial charge in [-0.3, -0.25) is 4.79 Å². The monoisotopic (exact) mass is 237 g/mol. The van der Waals surface area contributed by atoms with Crippen molar-refractivity contribution in [1.29, 1.82) is 0 Å². The van der Waals surface area contributed by atoms with Crippen LogP contribution in [0.1, 0.15) is 25.8 Å². The van der Waals surface area contributed by atoms with Crippen molar-refractivity contribution in [2.45, 2.75) is 27.2 Å². The molecule has 0 saturated heterocycles. The molecule has 0 aliphatic rings. The van der Waals surface area contributed by atoms with E-state index in [2.05, 4.69) is 19.2 Å². The summed E-state index contributed by atoms with van der Waals surface area (Å²) < 4.78 is 0. The number of anilines is 1. The van der Waals surface area contributed by atoms with Crippen molar-refractivity contribution in [3.05, 3.63) is 29.8 Å². The Morgan fingerprint density at radius 2 is 1.94 bits per heavy atom. The van der Waals surface area contributed by atoms with Crippen LogP contribution in [-0.2, 0) is 0 Å². The molecular weight excluding hydrogens is 218 g/mol. The molecule has 0 bridgehead atoms. The van der Waals surface area contributed by atoms with Gasteiger partial charge in [0.15, 0.2) is 0 Å². The molecule has 0 aliphatic carbocycles. The molecule has 0 atom stereocenters. The van der Waals surface area contributed by atoms with Gasteiger partial charge in [0.1, 0.15) is 0 Å². The molecule has 1 aromatic rings. The van der Waals surface area contributed by atoms with Gasteiger partial charge in [-0.1, -0.05) is 43.3 Å². The second-order valence-electron chi connectivity index (χ2n) is 4.31. The highest BCUT2D eigenvalue weighted by Crippen LogP contribution is 2.14. The average molecular weight is 237 g/mol. The fraction of sp³-hybridized carbons (Fsp3) is 0.462. The van der Waals surface area contributed by atoms with Crippen LogP contribution in [0, 0.1) is 12.8 Å². The Hall–Kier alpha value is -0.960. The molecule has 0 aromatic heterocycles. The van der Waals surface area contributed by atoms with Gasteiger partial charge in [-0.25, -0.2) is 0 Å². The highest BCUT2D eigenvalue weighted by Gasteiger charge is 2.03. The number of nitrogens with one attached hydrogen (secondary N) is 1. The van der Waals surface area contributed by atoms with Crippen LogP contribution in [0.5, 0.6) is 0 Å². The Kier molecular flexibility index (Phi) is 5.39. The van der Waals surface area contributed by atoms with E-state index in [0.29, 0.717) is 5.92 Å². The largest absolute Gasteiger partial charge is 0.317 e. The number of rotatable bonds is 4. The lowest BCUT2D eigenvalue weighted by molar-refractivity contribution is 0.269. The van der Waals surface area contributed by atoms with Gasteiger partial charge in [0, 0.05) is 11.4 Å². The molecule has 1 N–H and O–H groups in total. The maximum absolute atomic E-state index is 11.5. The van der Waals surface area contributed by atoms with E-state index in [4.69, 9.17) is 0 Å². The smallest absolute Gasteiger partial charge is 0.283 e. The van der Waals surface area contributed by atoms with Gasteiger partial charge in [-0.2, -0.15) is 0 Å². The molecular formula is C13H19NOS. The summed E-state index contributed by atoms with van der Waals surface area (Å²) in [4.78, 5) is 11.5. The summed E-state index contributed by atoms with van der Waals surface area (Å²) in [6.07, 6.45) is 1.08. The lowest BCUT2D eigenvalue weighted by Crippen LogP contribution is -2.06. The topological polar surface area (TPSA) is 29.1 Å². The third kappa shape index (κ3) is 5.21. The highest BCUT2D eigenvalue weighted by molar-refractivity contribution is 8.13. The molecule has 0 radical (unpaired) electrons. The van der Waals surface area contributed by atoms with Crippen molar-refractivity contribution >= 4 is 22.7 Å². The zero-order valence-corrected chi connectivity index (χ0v) is 10.9. The number of amides is 1. The molecule has 1 aromatic carbocycles. The van der Waals surface area contributed by atoms with Crippen molar-refractivity contribution in [3.63, 3.8) is 0 Å². The standard InChI is InChI=1S/C13H19NOS/c1-10(2)8-9-16-13(15)14-12-6-4-11(3)5-7-12/h4-7,10H,8-9H2,1-3H3,(H,14,15). The number of benzene rings is 1. The summed E-state index contributed by atoms with van der Waals surface area (Å²) in [7, 11) is 0. The van der Waals surface area contributed by atoms with Crippen LogP contribution < -0.4 is 5.32 Å². The molecule has 16 heavy (non-hydrogen) atoms. The lowest BCUT2D eigenvalue weighted by Gasteiger charge is -2.06. The van der Waals surface area contributed by atoms with Gasteiger partial charge < -0.3 is 5.32 Å². The maximum Gasteiger partial charge on any atom is 0.283 e. The molecule has 0 saturated carbocycles. The van der Waals surface area contributed by atoms with Crippen LogP contribution in [0.15, 0.2) is 24.3 Å². The number of carbonyl (C=O) groups excluding carboxylic acids is 1. The molecule has 1 amide bonds. The van der Waals surface area contributed by atoms with E-state index < -0.39 is 0 Å². The fourth-order valence-electron chi connectivity index (χ4n) is 1.18. The SMILES string of the molecule is Cc1ccc(NC(=O)SCCC(C)C)cc1. The van der Waals surface area contributed by atoms with Crippen LogP contribution in [0.25, 0.3) is 0 Å². The van der Waals surface area contributed by atoms with Crippen LogP contribution in [0.4, 0.5) is 10.5 Å². The van der Waals surface area contributed by atoms with Crippen LogP contribution in [0.2, 0.25) is 0 Å². The average Bonchev–Trinajstić information content (AvgIpc) is 2.21. The van der Waals surface area contributed by atoms with Crippen molar-refractivity contribution in [1.82, 2.24) is 0 Å². The molecule has 2 nitrogen and oxygen atoms in total. The Bertz CT molecular complexity index is 332. The molecule has 3 heteroatoms. The summed E-state index contributed by atoms with van der Waals surface area (Å²) in [6, 6.07) is 7.84. The number of carbonyl (C=O) groups is 1. The first-order valence-electron chi connectivity index (χ1n) is 5.58. The van der Waals surface area contributed by atoms with Crippen LogP contribution >= 0.6 is 11.8 Å². The first kappa shape index (κ1) is 13.1. The second kappa shape index (κ2) is 6.59. The predicted molar refractivity (Wildman–Crippen MR) is 72.1 cm³/mol. The lowest BCUT2D eigenvalue weighted by atomic mass is 10.2. The zero-order chi connectivity index (χ0) is 12.0. The van der Waals surface area contributed by atoms with Crippen molar-refractivity contribution in [2.24, 2.45) is 5.92 Å². The van der Waals surface area contributed by atoms with Gasteiger partial charge in [0.25, 0.3) is 5.24 Å². The Morgan fingerprint density at radius 1 is 1.31 bits per heavy atom. The quantitative estimate of drug-likeness (QED) is 0.845. The minimum Gasteiger partial charge on any atom is -0.317 e. The van der Waals surface area contributed by atoms with E-state index in [1.54, 1.807) is 0 Å². The van der Waals surface area contributed by atoms with Crippen molar-refractivity contribution < 1.29 is 4.79 Å². The van der Waals surface area contributed by atoms with Crippen molar-refractivity contribution in [2.75, 3.05) is 11.1 Å². The molecule has 0 spiro atoms. The van der Waals surface area contributed by atoms with Gasteiger partial charge in [0.05, 0.1) is 0 Å². The number of thioether (sulfide) groups is 1. The van der Waals surface area contributed by atoms with E-state index in [-0.39, 0.29) is 5.24 Å². The summed E-state index contributed by atoms with van der Waals surface area (Å²) in [5, 5.41) is 2.90. The third-order valence-electron chi connectivity index (χ3n) is 2.23. The predicted octanol–water partition coefficient (Wildman–Crippen LogP) is 4.31. The van der Waals surface area contributed by atoms with Gasteiger partial charge >= 0.3 is 0 Å². The molecule has 0 heterocycles. The molecule has 88 valence electrons. The first-order chi connectivity index (χ1) is 7.58. The zero-order valence-electron chi connectivity index (χ0n) is 10.1. The fourth-order valence-corrected chi connectivity index (χ4v) is 2.14. The Morgan fingerprint density at radius 3 is 2.50 bits per heavy atom. The number of hydrogen-bond donors (Lipinski definition) is 1. The first-order valence-corrected chi connectivity index (χ1v) is 6.57. The molecule has 1 rings (SSSR count). The second-order valence-corrected chi connectivity index (χ2v) is 5.38. The van der Waals surface area contributed by atoms with Gasteiger partial charge in [-0.05, 0) is 31.4 Å². The Labute approximate surface area is 102 Å². The Balaban J connectivity index is 2.31. The van der Waals surface area contributed by atoms with Crippen LogP contribution in [-0.4, -0.2) is 11.0 Å². The summed E-state index contributed by atoms with van der Waals surface area (Å²) in [6.45, 7) is 6.36. The molecule has 0 unspecified atom stereocenters. The summed E-state index contributed by atoms with van der Waals surface area (Å²) >= 11 is 1.35. The van der Waals surface area contributed by atoms with Gasteiger partial charge in [-0.15, -0.1) is 0 Å². The van der Waals surface area contributed by atoms with E-state index in [0.717, 1.165) is 17.9 Å². The molecule has 0 aliphatic heterocycles. The summed E-state index contributed by atoms with van der Waals surface area (Å²) in [5.74, 6) is 1.54. The van der Waals surface area contributed by atoms with Crippen molar-refractivity contribution in [3.8, 4) is 0 Å². The minimum atomic E-state index is 0.0319. The number of aryl methyl sites for hydroxylation is 1. The van der Waals surface area contributed by atoms with Gasteiger partial charge in [0.2, 0.25) is 0 Å². The van der Waals surface area contributed by atoms with E-state index in [1.165, 1.54) is 17.3 Å². The summed E-state index contributed by atoms with van der Waals surface area (Å²) in [5.41, 5.74) is 2.07. The van der Waals surface area contributed by atoms with E-state index >= 15 is 0 Å². The minimum absolute atomic E-state index is 0.0319. The maximum atomic E-state index is 11.5. The van der Waals surface area contributed by atoms with E-state index in [9.17, 15) is 4.79 Å². The number of hydrogen-bond acceptors (Lipinski definition) is 2. The highest BCUT2D eigenvalue weighted by atomic mass is 32.2. The van der Waals surface area contributed by atoms with Crippen LogP contribution in [0.3, 0.4) is 0 Å². The normalized spacial score (nSPS) is 10.5.